The zero-order valence-corrected chi connectivity index (χ0v) is 18.0. The van der Waals surface area contributed by atoms with E-state index >= 15 is 0 Å². The maximum absolute atomic E-state index is 12.5. The molecule has 2 fully saturated rings. The third kappa shape index (κ3) is 4.35. The molecule has 1 aromatic rings. The molecule has 2 N–H and O–H groups in total. The SMILES string of the molecule is CCC1OC(n2cc(C)c(=O)[nH]c2=O)C(OC2C(C)CCC(C)C2COC)C1O. The van der Waals surface area contributed by atoms with Crippen LogP contribution < -0.4 is 11.2 Å². The van der Waals surface area contributed by atoms with Crippen molar-refractivity contribution in [1.29, 1.82) is 0 Å². The molecule has 0 radical (unpaired) electrons. The summed E-state index contributed by atoms with van der Waals surface area (Å²) < 4.78 is 19.4. The summed E-state index contributed by atoms with van der Waals surface area (Å²) in [6, 6.07) is 0. The molecule has 3 rings (SSSR count). The molecule has 8 atom stereocenters. The van der Waals surface area contributed by atoms with Crippen molar-refractivity contribution in [2.75, 3.05) is 13.7 Å². The van der Waals surface area contributed by atoms with Crippen LogP contribution in [-0.2, 0) is 14.2 Å². The number of hydrogen-bond donors (Lipinski definition) is 2. The number of H-pyrrole nitrogens is 1. The van der Waals surface area contributed by atoms with Gasteiger partial charge in [0.25, 0.3) is 5.56 Å². The van der Waals surface area contributed by atoms with Gasteiger partial charge in [-0.15, -0.1) is 0 Å². The summed E-state index contributed by atoms with van der Waals surface area (Å²) in [5.41, 5.74) is -0.593. The molecule has 2 aliphatic rings. The van der Waals surface area contributed by atoms with Gasteiger partial charge in [0.1, 0.15) is 12.2 Å². The lowest BCUT2D eigenvalue weighted by Crippen LogP contribution is -2.47. The number of aromatic nitrogens is 2. The number of ether oxygens (including phenoxy) is 3. The lowest BCUT2D eigenvalue weighted by Gasteiger charge is -2.42. The minimum atomic E-state index is -0.864. The molecule has 1 aliphatic carbocycles. The third-order valence-corrected chi connectivity index (χ3v) is 6.60. The zero-order valence-electron chi connectivity index (χ0n) is 18.0. The molecule has 8 unspecified atom stereocenters. The summed E-state index contributed by atoms with van der Waals surface area (Å²) in [6.45, 7) is 8.50. The van der Waals surface area contributed by atoms with Crippen LogP contribution in [-0.4, -0.2) is 52.8 Å². The van der Waals surface area contributed by atoms with Crippen molar-refractivity contribution in [2.24, 2.45) is 17.8 Å². The van der Waals surface area contributed by atoms with E-state index in [1.807, 2.05) is 6.92 Å². The first-order valence-corrected chi connectivity index (χ1v) is 10.6. The van der Waals surface area contributed by atoms with Gasteiger partial charge in [0.05, 0.1) is 18.8 Å². The Kier molecular flexibility index (Phi) is 6.98. The number of hydrogen-bond acceptors (Lipinski definition) is 6. The molecule has 8 heteroatoms. The van der Waals surface area contributed by atoms with Crippen LogP contribution in [0.3, 0.4) is 0 Å². The predicted octanol–water partition coefficient (Wildman–Crippen LogP) is 1.60. The van der Waals surface area contributed by atoms with Gasteiger partial charge < -0.3 is 19.3 Å². The predicted molar refractivity (Wildman–Crippen MR) is 108 cm³/mol. The normalized spacial score (nSPS) is 37.7. The van der Waals surface area contributed by atoms with Crippen molar-refractivity contribution >= 4 is 0 Å². The highest BCUT2D eigenvalue weighted by Crippen LogP contribution is 2.40. The lowest BCUT2D eigenvalue weighted by molar-refractivity contribution is -0.158. The Morgan fingerprint density at radius 1 is 1.24 bits per heavy atom. The number of aliphatic hydroxyl groups is 1. The van der Waals surface area contributed by atoms with Crippen molar-refractivity contribution in [3.8, 4) is 0 Å². The first kappa shape index (κ1) is 22.2. The van der Waals surface area contributed by atoms with Crippen LogP contribution in [0, 0.1) is 24.7 Å². The number of aromatic amines is 1. The molecule has 1 saturated carbocycles. The lowest BCUT2D eigenvalue weighted by atomic mass is 9.73. The molecule has 0 aromatic carbocycles. The van der Waals surface area contributed by atoms with Crippen molar-refractivity contribution in [1.82, 2.24) is 9.55 Å². The van der Waals surface area contributed by atoms with Gasteiger partial charge in [-0.2, -0.15) is 0 Å². The minimum absolute atomic E-state index is 0.111. The number of nitrogens with zero attached hydrogens (tertiary/aromatic N) is 1. The summed E-state index contributed by atoms with van der Waals surface area (Å²) in [4.78, 5) is 26.6. The number of aliphatic hydroxyl groups excluding tert-OH is 1. The Labute approximate surface area is 171 Å². The van der Waals surface area contributed by atoms with E-state index in [0.29, 0.717) is 30.4 Å². The van der Waals surface area contributed by atoms with Crippen molar-refractivity contribution < 1.29 is 19.3 Å². The highest BCUT2D eigenvalue weighted by molar-refractivity contribution is 5.03. The number of rotatable bonds is 6. The first-order chi connectivity index (χ1) is 13.8. The molecule has 0 amide bonds. The van der Waals surface area contributed by atoms with Gasteiger partial charge >= 0.3 is 5.69 Å². The highest BCUT2D eigenvalue weighted by Gasteiger charge is 2.48. The topological polar surface area (TPSA) is 103 Å². The average molecular weight is 411 g/mol. The minimum Gasteiger partial charge on any atom is -0.388 e. The monoisotopic (exact) mass is 410 g/mol. The summed E-state index contributed by atoms with van der Waals surface area (Å²) in [6.07, 6.45) is 1.29. The Morgan fingerprint density at radius 2 is 1.93 bits per heavy atom. The van der Waals surface area contributed by atoms with E-state index in [-0.39, 0.29) is 12.0 Å². The molecule has 0 bridgehead atoms. The van der Waals surface area contributed by atoms with E-state index in [2.05, 4.69) is 18.8 Å². The Morgan fingerprint density at radius 3 is 2.59 bits per heavy atom. The maximum atomic E-state index is 12.5. The van der Waals surface area contributed by atoms with Gasteiger partial charge in [0, 0.05) is 24.8 Å². The van der Waals surface area contributed by atoms with E-state index in [9.17, 15) is 14.7 Å². The maximum Gasteiger partial charge on any atom is 0.330 e. The van der Waals surface area contributed by atoms with Crippen molar-refractivity contribution in [2.45, 2.75) is 77.6 Å². The smallest absolute Gasteiger partial charge is 0.330 e. The van der Waals surface area contributed by atoms with Gasteiger partial charge in [-0.25, -0.2) is 4.79 Å². The summed E-state index contributed by atoms with van der Waals surface area (Å²) in [5, 5.41) is 10.9. The summed E-state index contributed by atoms with van der Waals surface area (Å²) in [5.74, 6) is 0.939. The van der Waals surface area contributed by atoms with Crippen LogP contribution in [0.1, 0.15) is 51.8 Å². The highest BCUT2D eigenvalue weighted by atomic mass is 16.6. The van der Waals surface area contributed by atoms with E-state index in [4.69, 9.17) is 14.2 Å². The van der Waals surface area contributed by atoms with E-state index in [1.54, 1.807) is 14.0 Å². The quantitative estimate of drug-likeness (QED) is 0.738. The van der Waals surface area contributed by atoms with Gasteiger partial charge in [0.15, 0.2) is 6.23 Å². The Hall–Kier alpha value is -1.48. The van der Waals surface area contributed by atoms with Crippen LogP contribution in [0.5, 0.6) is 0 Å². The molecular weight excluding hydrogens is 376 g/mol. The third-order valence-electron chi connectivity index (χ3n) is 6.60. The van der Waals surface area contributed by atoms with Gasteiger partial charge in [0.2, 0.25) is 0 Å². The largest absolute Gasteiger partial charge is 0.388 e. The van der Waals surface area contributed by atoms with E-state index in [0.717, 1.165) is 12.8 Å². The summed E-state index contributed by atoms with van der Waals surface area (Å²) in [7, 11) is 1.69. The molecule has 1 aliphatic heterocycles. The fraction of sp³-hybridized carbons (Fsp3) is 0.810. The van der Waals surface area contributed by atoms with Crippen LogP contribution in [0.15, 0.2) is 15.8 Å². The van der Waals surface area contributed by atoms with Gasteiger partial charge in [-0.3, -0.25) is 14.3 Å². The Bertz CT molecular complexity index is 805. The molecule has 164 valence electrons. The molecule has 29 heavy (non-hydrogen) atoms. The van der Waals surface area contributed by atoms with Gasteiger partial charge in [-0.05, 0) is 38.0 Å². The molecule has 8 nitrogen and oxygen atoms in total. The second-order valence-electron chi connectivity index (χ2n) is 8.66. The second kappa shape index (κ2) is 9.12. The van der Waals surface area contributed by atoms with Crippen LogP contribution in [0.4, 0.5) is 0 Å². The summed E-state index contributed by atoms with van der Waals surface area (Å²) >= 11 is 0. The fourth-order valence-electron chi connectivity index (χ4n) is 4.72. The van der Waals surface area contributed by atoms with Gasteiger partial charge in [-0.1, -0.05) is 20.8 Å². The second-order valence-corrected chi connectivity index (χ2v) is 8.66. The molecule has 1 aromatic heterocycles. The van der Waals surface area contributed by atoms with Crippen LogP contribution in [0.25, 0.3) is 0 Å². The number of methoxy groups -OCH3 is 1. The fourth-order valence-corrected chi connectivity index (χ4v) is 4.72. The average Bonchev–Trinajstić information content (AvgIpc) is 2.99. The first-order valence-electron chi connectivity index (χ1n) is 10.6. The van der Waals surface area contributed by atoms with E-state index < -0.39 is 35.8 Å². The number of aryl methyl sites for hydroxylation is 1. The number of nitrogens with one attached hydrogen (secondary N) is 1. The standard InChI is InChI=1S/C21H34N2O6/c1-6-15-16(24)18(20(28-15)23-9-13(4)19(25)22-21(23)26)29-17-12(3)8-7-11(2)14(17)10-27-5/h9,11-12,14-18,20,24H,6-8,10H2,1-5H3,(H,22,25,26). The molecule has 1 saturated heterocycles. The van der Waals surface area contributed by atoms with Crippen LogP contribution in [0.2, 0.25) is 0 Å². The van der Waals surface area contributed by atoms with E-state index in [1.165, 1.54) is 10.8 Å². The Balaban J connectivity index is 1.94. The zero-order chi connectivity index (χ0) is 21.3. The van der Waals surface area contributed by atoms with Crippen molar-refractivity contribution in [3.63, 3.8) is 0 Å². The molecule has 0 spiro atoms. The molecular formula is C21H34N2O6. The molecule has 2 heterocycles. The van der Waals surface area contributed by atoms with Crippen LogP contribution >= 0.6 is 0 Å². The van der Waals surface area contributed by atoms with Crippen molar-refractivity contribution in [3.05, 3.63) is 32.6 Å².